The number of aliphatic hydroxyl groups excluding tert-OH is 2. The van der Waals surface area contributed by atoms with Crippen LogP contribution in [0.1, 0.15) is 102 Å². The number of fused-ring (bicyclic) bond motifs is 3. The number of unbranched alkanes of at least 4 members (excludes halogenated alkanes) is 5. The van der Waals surface area contributed by atoms with Crippen molar-refractivity contribution in [2.45, 2.75) is 121 Å². The number of anilines is 2. The minimum Gasteiger partial charge on any atom is -0.744 e. The van der Waals surface area contributed by atoms with E-state index in [2.05, 4.69) is 99.3 Å². The minimum absolute atomic E-state index is 0.0430. The van der Waals surface area contributed by atoms with Gasteiger partial charge in [0.1, 0.15) is 59.4 Å². The number of aliphatic hydroxyl groups is 2. The molecule has 4 aromatic rings. The summed E-state index contributed by atoms with van der Waals surface area (Å²) in [5, 5.41) is 28.7. The molecule has 85 heavy (non-hydrogen) atoms. The molecule has 3 aliphatic heterocycles. The highest BCUT2D eigenvalue weighted by Crippen LogP contribution is 2.66. The molecule has 1 amide bonds. The van der Waals surface area contributed by atoms with Crippen molar-refractivity contribution in [3.05, 3.63) is 119 Å². The molecule has 4 aliphatic rings. The summed E-state index contributed by atoms with van der Waals surface area (Å²) in [6, 6.07) is 20.9. The Balaban J connectivity index is 0.806. The number of nitrogens with one attached hydrogen (secondary N) is 2. The summed E-state index contributed by atoms with van der Waals surface area (Å²) in [6.07, 6.45) is 8.11. The molecule has 26 nitrogen and oxygen atoms in total. The predicted octanol–water partition coefficient (Wildman–Crippen LogP) is 7.22. The highest BCUT2D eigenvalue weighted by molar-refractivity contribution is 7.85. The number of nitrogens with zero attached hydrogens (tertiary/aromatic N) is 6. The molecule has 8 rings (SSSR count). The van der Waals surface area contributed by atoms with Crippen LogP contribution in [0.5, 0.6) is 0 Å². The van der Waals surface area contributed by atoms with Crippen LogP contribution in [-0.4, -0.2) is 126 Å². The number of imidazole rings is 1. The van der Waals surface area contributed by atoms with Gasteiger partial charge < -0.3 is 59.0 Å². The van der Waals surface area contributed by atoms with Gasteiger partial charge in [-0.15, -0.1) is 0 Å². The number of rotatable bonds is 28. The van der Waals surface area contributed by atoms with E-state index in [4.69, 9.17) is 18.9 Å². The zero-order valence-corrected chi connectivity index (χ0v) is 51.0. The Morgan fingerprint density at radius 1 is 0.871 bits per heavy atom. The molecule has 5 heterocycles. The Morgan fingerprint density at radius 3 is 2.29 bits per heavy atom. The maximum absolute atomic E-state index is 12.9. The van der Waals surface area contributed by atoms with Crippen LogP contribution in [0, 0.1) is 6.92 Å². The average molecular weight is 1260 g/mol. The van der Waals surface area contributed by atoms with Crippen molar-refractivity contribution < 1.29 is 83.5 Å². The fourth-order valence-electron chi connectivity index (χ4n) is 10.6. The molecule has 0 saturated carbocycles. The molecule has 1 saturated heterocycles. The third-order valence-corrected chi connectivity index (χ3v) is 19.5. The normalized spacial score (nSPS) is 19.9. The lowest BCUT2D eigenvalue weighted by Gasteiger charge is -2.27. The zero-order chi connectivity index (χ0) is 61.5. The predicted molar refractivity (Wildman–Crippen MR) is 313 cm³/mol. The maximum atomic E-state index is 12.9. The van der Waals surface area contributed by atoms with E-state index < -0.39 is 70.1 Å². The number of phosphoric ester groups is 1. The zero-order valence-electron chi connectivity index (χ0n) is 47.5. The Kier molecular flexibility index (Phi) is 21.1. The number of benzene rings is 3. The number of hydrogen-bond donors (Lipinski definition) is 8. The summed E-state index contributed by atoms with van der Waals surface area (Å²) in [6.45, 7) is 12.7. The van der Waals surface area contributed by atoms with Gasteiger partial charge in [-0.25, -0.2) is 41.6 Å². The van der Waals surface area contributed by atoms with Crippen LogP contribution in [0.3, 0.4) is 0 Å². The molecular formula is C55H71N8O18P3S. The number of allylic oxidation sites excluding steroid dienone is 3. The van der Waals surface area contributed by atoms with Gasteiger partial charge in [0.05, 0.1) is 23.9 Å². The van der Waals surface area contributed by atoms with Crippen molar-refractivity contribution in [3.63, 3.8) is 0 Å². The first-order valence-electron chi connectivity index (χ1n) is 27.7. The number of ether oxygens (including phenoxy) is 1. The van der Waals surface area contributed by atoms with Gasteiger partial charge in [-0.2, -0.15) is 8.62 Å². The van der Waals surface area contributed by atoms with Gasteiger partial charge in [-0.1, -0.05) is 75.6 Å². The molecule has 2 aromatic heterocycles. The van der Waals surface area contributed by atoms with E-state index >= 15 is 0 Å². The van der Waals surface area contributed by atoms with Gasteiger partial charge in [-0.3, -0.25) is 13.9 Å². The van der Waals surface area contributed by atoms with Crippen molar-refractivity contribution in [1.82, 2.24) is 29.4 Å². The highest BCUT2D eigenvalue weighted by Gasteiger charge is 2.47. The maximum Gasteiger partial charge on any atom is 0.490 e. The molecule has 2 aromatic carbocycles. The molecule has 8 N–H and O–H groups in total. The van der Waals surface area contributed by atoms with E-state index in [-0.39, 0.29) is 16.4 Å². The lowest BCUT2D eigenvalue weighted by Crippen LogP contribution is -2.33. The van der Waals surface area contributed by atoms with E-state index in [0.29, 0.717) is 43.8 Å². The fourth-order valence-corrected chi connectivity index (χ4v) is 14.1. The number of aromatic nitrogens is 4. The number of carbonyl (C=O) groups is 1. The van der Waals surface area contributed by atoms with Gasteiger partial charge in [0, 0.05) is 65.6 Å². The van der Waals surface area contributed by atoms with Gasteiger partial charge in [0.2, 0.25) is 11.3 Å². The van der Waals surface area contributed by atoms with Crippen molar-refractivity contribution >= 4 is 68.2 Å². The summed E-state index contributed by atoms with van der Waals surface area (Å²) >= 11 is 0. The summed E-state index contributed by atoms with van der Waals surface area (Å²) in [5.41, 5.74) is 6.20. The number of hydrogen-bond acceptors (Lipinski definition) is 19. The lowest BCUT2D eigenvalue weighted by molar-refractivity contribution is -0.121. The van der Waals surface area contributed by atoms with Crippen LogP contribution in [0.4, 0.5) is 11.5 Å². The fraction of sp³-hybridized carbons (Fsp3) is 0.436. The first-order valence-corrected chi connectivity index (χ1v) is 33.6. The van der Waals surface area contributed by atoms with Gasteiger partial charge >= 0.3 is 23.5 Å². The van der Waals surface area contributed by atoms with E-state index in [9.17, 15) is 51.5 Å². The smallest absolute Gasteiger partial charge is 0.490 e. The van der Waals surface area contributed by atoms with Gasteiger partial charge in [0.25, 0.3) is 0 Å². The Labute approximate surface area is 491 Å². The Morgan fingerprint density at radius 2 is 1.59 bits per heavy atom. The van der Waals surface area contributed by atoms with Crippen molar-refractivity contribution in [3.8, 4) is 22.6 Å². The third-order valence-electron chi connectivity index (χ3n) is 14.8. The van der Waals surface area contributed by atoms with Gasteiger partial charge in [-0.05, 0) is 87.9 Å². The summed E-state index contributed by atoms with van der Waals surface area (Å²) in [5.74, 6) is 1.85. The summed E-state index contributed by atoms with van der Waals surface area (Å²) in [4.78, 5) is 64.3. The first kappa shape index (κ1) is 65.2. The molecule has 0 bridgehead atoms. The van der Waals surface area contributed by atoms with Crippen LogP contribution in [-0.2, 0) is 51.9 Å². The molecule has 2 unspecified atom stereocenters. The summed E-state index contributed by atoms with van der Waals surface area (Å²) in [7, 11) is -21.6. The molecule has 30 heteroatoms. The van der Waals surface area contributed by atoms with Crippen LogP contribution < -0.4 is 25.5 Å². The van der Waals surface area contributed by atoms with E-state index in [1.807, 2.05) is 50.3 Å². The van der Waals surface area contributed by atoms with E-state index in [0.717, 1.165) is 108 Å². The second-order valence-electron chi connectivity index (χ2n) is 21.0. The van der Waals surface area contributed by atoms with E-state index in [1.165, 1.54) is 29.4 Å². The second kappa shape index (κ2) is 27.5. The summed E-state index contributed by atoms with van der Waals surface area (Å²) < 4.78 is 99.3. The van der Waals surface area contributed by atoms with Gasteiger partial charge in [0.15, 0.2) is 23.2 Å². The average Bonchev–Trinajstić information content (AvgIpc) is 1.72. The van der Waals surface area contributed by atoms with Crippen molar-refractivity contribution in [2.24, 2.45) is 0 Å². The monoisotopic (exact) mass is 1260 g/mol. The second-order valence-corrected chi connectivity index (χ2v) is 26.8. The minimum atomic E-state index is -5.79. The largest absolute Gasteiger partial charge is 0.744 e. The molecule has 0 radical (unpaired) electrons. The van der Waals surface area contributed by atoms with Crippen LogP contribution in [0.15, 0.2) is 107 Å². The standard InChI is InChI=1S/C55H71N8O18P3S/c1-6-61(7-2)38-24-26-41-40(36(3)51(78-44(41)31-38)37-19-12-10-13-20-37)21-18-22-46-55(4,5)42-32-39(85(74,75)76)25-27-43(42)62(46)30-17-11-14-23-47(64)56-28-15-8-9-16-29-57-52-48-53(59-34-58-52)63(35-60-48)54-50(66)49(65)45(79-54)33-77-83(70,71)81-84(72,73)80-82(67,68)69/h10,12-13,18-22,24-27,31-32,34-35,45,49-50,54,65-66H,6-9,11,14-17,23,28-30,33H2,1-5H3,(H6-,56,57,58,59,64,67,68,69,70,71,72,73,74,75,76)/t45-,49-,50-,54-/m1/s1. The molecule has 0 spiro atoms. The molecule has 6 atom stereocenters. The van der Waals surface area contributed by atoms with E-state index in [1.54, 1.807) is 6.07 Å². The Bertz CT molecular complexity index is 3740. The van der Waals surface area contributed by atoms with Crippen LogP contribution in [0.25, 0.3) is 39.9 Å². The van der Waals surface area contributed by atoms with Crippen molar-refractivity contribution in [1.29, 1.82) is 0 Å². The number of phosphoric acid groups is 3. The van der Waals surface area contributed by atoms with Crippen molar-refractivity contribution in [2.75, 3.05) is 49.5 Å². The SMILES string of the molecule is CC[N+](CC)=c1ccc2c(/C=C/C=C3/N(CCCCCC(=O)NCCCCCCNc4ncnc5c4ncn5[C@@H]4O[C@H](COP(=O)(O)OP(=O)(O)OP(=O)(O)O)[C@@H](O)[C@H]4O)c4ccc(S(=O)(=O)[O-])cc4C3(C)C)c(C)c(-c3ccccc3)oc-2c1. The van der Waals surface area contributed by atoms with Crippen LogP contribution in [0.2, 0.25) is 0 Å². The molecular weight excluding hydrogens is 1190 g/mol. The van der Waals surface area contributed by atoms with Crippen LogP contribution >= 0.6 is 23.5 Å². The Hall–Kier alpha value is -5.83. The number of carbonyl (C=O) groups excluding carboxylic acids is 1. The number of amides is 1. The molecule has 460 valence electrons. The third kappa shape index (κ3) is 16.0. The topological polar surface area (TPSA) is 371 Å². The highest BCUT2D eigenvalue weighted by atomic mass is 32.2. The first-order chi connectivity index (χ1) is 40.2. The lowest BCUT2D eigenvalue weighted by atomic mass is 9.83. The molecule has 1 fully saturated rings. The molecule has 1 aliphatic carbocycles. The quantitative estimate of drug-likeness (QED) is 0.0104.